The van der Waals surface area contributed by atoms with Crippen LogP contribution in [0.1, 0.15) is 33.3 Å². The van der Waals surface area contributed by atoms with Gasteiger partial charge in [-0.3, -0.25) is 5.32 Å². The van der Waals surface area contributed by atoms with Crippen LogP contribution in [0.4, 0.5) is 26.2 Å². The molecular weight excluding hydrogens is 357 g/mol. The average Bonchev–Trinajstić information content (AvgIpc) is 2.56. The molecule has 5 nitrogen and oxygen atoms in total. The summed E-state index contributed by atoms with van der Waals surface area (Å²) < 4.78 is 18.5. The third-order valence-corrected chi connectivity index (χ3v) is 3.79. The van der Waals surface area contributed by atoms with Crippen LogP contribution >= 0.6 is 0 Å². The van der Waals surface area contributed by atoms with Crippen molar-refractivity contribution in [2.24, 2.45) is 0 Å². The molecule has 0 saturated carbocycles. The van der Waals surface area contributed by atoms with Gasteiger partial charge in [0.05, 0.1) is 11.4 Å². The van der Waals surface area contributed by atoms with E-state index in [2.05, 4.69) is 16.8 Å². The number of carbonyl (C=O) groups is 1. The van der Waals surface area contributed by atoms with Crippen LogP contribution in [-0.4, -0.2) is 18.2 Å². The Labute approximate surface area is 166 Å². The number of nitrogens with one attached hydrogen (secondary N) is 1. The molecule has 2 aromatic rings. The first-order valence-corrected chi connectivity index (χ1v) is 9.07. The van der Waals surface area contributed by atoms with Gasteiger partial charge in [0, 0.05) is 18.8 Å². The Kier molecular flexibility index (Phi) is 6.67. The van der Waals surface area contributed by atoms with Gasteiger partial charge >= 0.3 is 6.09 Å². The van der Waals surface area contributed by atoms with Crippen molar-refractivity contribution in [3.8, 4) is 0 Å². The quantitative estimate of drug-likeness (QED) is 0.520. The van der Waals surface area contributed by atoms with Crippen molar-refractivity contribution in [3.63, 3.8) is 0 Å². The van der Waals surface area contributed by atoms with Gasteiger partial charge in [-0.25, -0.2) is 9.18 Å². The number of nitrogens with zero attached hydrogens (tertiary/aromatic N) is 1. The van der Waals surface area contributed by atoms with Crippen molar-refractivity contribution in [1.29, 1.82) is 0 Å². The number of benzene rings is 2. The lowest BCUT2D eigenvalue weighted by Crippen LogP contribution is -2.28. The monoisotopic (exact) mass is 385 g/mol. The van der Waals surface area contributed by atoms with E-state index in [1.807, 2.05) is 13.0 Å². The van der Waals surface area contributed by atoms with E-state index >= 15 is 0 Å². The van der Waals surface area contributed by atoms with Crippen molar-refractivity contribution >= 4 is 23.2 Å². The maximum Gasteiger partial charge on any atom is 0.412 e. The van der Waals surface area contributed by atoms with Crippen LogP contribution in [0.3, 0.4) is 0 Å². The fourth-order valence-electron chi connectivity index (χ4n) is 2.64. The number of hydrogen-bond donors (Lipinski definition) is 2. The number of nitrogen functional groups attached to an aromatic ring is 1. The maximum atomic E-state index is 13.2. The lowest BCUT2D eigenvalue weighted by molar-refractivity contribution is 0.0636. The highest BCUT2D eigenvalue weighted by Gasteiger charge is 2.18. The number of rotatable bonds is 6. The molecule has 0 fully saturated rings. The molecule has 0 aliphatic carbocycles. The highest BCUT2D eigenvalue weighted by molar-refractivity contribution is 5.90. The van der Waals surface area contributed by atoms with Crippen molar-refractivity contribution in [1.82, 2.24) is 0 Å². The topological polar surface area (TPSA) is 67.6 Å². The molecule has 0 spiro atoms. The fourth-order valence-corrected chi connectivity index (χ4v) is 2.64. The Morgan fingerprint density at radius 2 is 1.86 bits per heavy atom. The molecule has 0 bridgehead atoms. The van der Waals surface area contributed by atoms with E-state index < -0.39 is 11.7 Å². The van der Waals surface area contributed by atoms with Gasteiger partial charge < -0.3 is 15.4 Å². The summed E-state index contributed by atoms with van der Waals surface area (Å²) in [7, 11) is 0. The Morgan fingerprint density at radius 1 is 1.21 bits per heavy atom. The summed E-state index contributed by atoms with van der Waals surface area (Å²) >= 11 is 0. The number of nitrogens with two attached hydrogens (primary N) is 1. The van der Waals surface area contributed by atoms with Crippen molar-refractivity contribution in [2.45, 2.75) is 39.8 Å². The molecule has 0 aromatic heterocycles. The zero-order valence-corrected chi connectivity index (χ0v) is 16.9. The summed E-state index contributed by atoms with van der Waals surface area (Å²) in [5.41, 5.74) is 9.11. The predicted molar refractivity (Wildman–Crippen MR) is 113 cm³/mol. The van der Waals surface area contributed by atoms with E-state index in [-0.39, 0.29) is 5.82 Å². The smallest absolute Gasteiger partial charge is 0.412 e. The van der Waals surface area contributed by atoms with Gasteiger partial charge in [-0.05, 0) is 63.6 Å². The van der Waals surface area contributed by atoms with Gasteiger partial charge in [-0.1, -0.05) is 24.3 Å². The number of amides is 1. The van der Waals surface area contributed by atoms with Crippen LogP contribution in [0.15, 0.2) is 54.6 Å². The zero-order chi connectivity index (χ0) is 20.9. The number of carbonyl (C=O) groups excluding carboxylic acids is 1. The molecule has 2 aromatic carbocycles. The molecule has 2 rings (SSSR count). The average molecular weight is 385 g/mol. The van der Waals surface area contributed by atoms with Crippen molar-refractivity contribution < 1.29 is 13.9 Å². The molecule has 0 saturated heterocycles. The van der Waals surface area contributed by atoms with Gasteiger partial charge in [0.2, 0.25) is 0 Å². The van der Waals surface area contributed by atoms with Crippen LogP contribution in [0.2, 0.25) is 0 Å². The van der Waals surface area contributed by atoms with Gasteiger partial charge in [-0.2, -0.15) is 0 Å². The summed E-state index contributed by atoms with van der Waals surface area (Å²) in [5, 5.41) is 2.70. The number of halogens is 1. The van der Waals surface area contributed by atoms with Gasteiger partial charge in [0.1, 0.15) is 11.4 Å². The summed E-state index contributed by atoms with van der Waals surface area (Å²) in [5.74, 6) is -0.272. The lowest BCUT2D eigenvalue weighted by Gasteiger charge is -2.26. The molecule has 0 aliphatic rings. The summed E-state index contributed by atoms with van der Waals surface area (Å²) in [6.07, 6.45) is -0.568. The molecule has 1 amide bonds. The second-order valence-corrected chi connectivity index (χ2v) is 7.84. The maximum absolute atomic E-state index is 13.2. The van der Waals surface area contributed by atoms with E-state index in [0.717, 1.165) is 16.8 Å². The largest absolute Gasteiger partial charge is 0.444 e. The summed E-state index contributed by atoms with van der Waals surface area (Å²) in [6.45, 7) is 12.5. The minimum absolute atomic E-state index is 0.272. The molecule has 0 aliphatic heterocycles. The van der Waals surface area contributed by atoms with Crippen LogP contribution in [0, 0.1) is 5.82 Å². The van der Waals surface area contributed by atoms with E-state index in [4.69, 9.17) is 10.5 Å². The molecule has 0 atom stereocenters. The standard InChI is InChI=1S/C22H28FN3O2/c1-15(2)13-26(14-16-6-8-17(23)9-7-16)18-10-11-19(24)20(12-18)25-21(27)28-22(3,4)5/h6-12H,1,13-14,24H2,2-5H3,(H,25,27). The first kappa shape index (κ1) is 21.3. The SMILES string of the molecule is C=C(C)CN(Cc1ccc(F)cc1)c1ccc(N)c(NC(=O)OC(C)(C)C)c1. The number of ether oxygens (including phenoxy) is 1. The molecule has 3 N–H and O–H groups in total. The first-order chi connectivity index (χ1) is 13.0. The molecule has 6 heteroatoms. The Bertz CT molecular complexity index is 842. The highest BCUT2D eigenvalue weighted by atomic mass is 19.1. The number of anilines is 3. The third-order valence-electron chi connectivity index (χ3n) is 3.79. The van der Waals surface area contributed by atoms with Crippen LogP contribution in [0.25, 0.3) is 0 Å². The van der Waals surface area contributed by atoms with Crippen LogP contribution in [0.5, 0.6) is 0 Å². The van der Waals surface area contributed by atoms with E-state index in [1.54, 1.807) is 45.0 Å². The van der Waals surface area contributed by atoms with Gasteiger partial charge in [0.15, 0.2) is 0 Å². The number of hydrogen-bond acceptors (Lipinski definition) is 4. The van der Waals surface area contributed by atoms with Gasteiger partial charge in [0.25, 0.3) is 0 Å². The Hall–Kier alpha value is -3.02. The molecule has 28 heavy (non-hydrogen) atoms. The summed E-state index contributed by atoms with van der Waals surface area (Å²) in [4.78, 5) is 14.2. The van der Waals surface area contributed by atoms with E-state index in [9.17, 15) is 9.18 Å². The minimum Gasteiger partial charge on any atom is -0.444 e. The Morgan fingerprint density at radius 3 is 2.43 bits per heavy atom. The van der Waals surface area contributed by atoms with Gasteiger partial charge in [-0.15, -0.1) is 0 Å². The summed E-state index contributed by atoms with van der Waals surface area (Å²) in [6, 6.07) is 11.8. The molecule has 0 radical (unpaired) electrons. The Balaban J connectivity index is 2.26. The molecule has 0 unspecified atom stereocenters. The van der Waals surface area contributed by atoms with Crippen molar-refractivity contribution in [2.75, 3.05) is 22.5 Å². The highest BCUT2D eigenvalue weighted by Crippen LogP contribution is 2.28. The van der Waals surface area contributed by atoms with Crippen LogP contribution < -0.4 is 16.0 Å². The lowest BCUT2D eigenvalue weighted by atomic mass is 10.1. The minimum atomic E-state index is -0.606. The normalized spacial score (nSPS) is 11.0. The second kappa shape index (κ2) is 8.78. The predicted octanol–water partition coefficient (Wildman–Crippen LogP) is 5.34. The third kappa shape index (κ3) is 6.61. The molecular formula is C22H28FN3O2. The zero-order valence-electron chi connectivity index (χ0n) is 16.9. The second-order valence-electron chi connectivity index (χ2n) is 7.84. The van der Waals surface area contributed by atoms with E-state index in [1.165, 1.54) is 12.1 Å². The molecule has 150 valence electrons. The van der Waals surface area contributed by atoms with Crippen LogP contribution in [-0.2, 0) is 11.3 Å². The molecule has 0 heterocycles. The van der Waals surface area contributed by atoms with Crippen molar-refractivity contribution in [3.05, 3.63) is 66.0 Å². The van der Waals surface area contributed by atoms with E-state index in [0.29, 0.717) is 24.5 Å². The first-order valence-electron chi connectivity index (χ1n) is 9.07. The fraction of sp³-hybridized carbons (Fsp3) is 0.318.